The van der Waals surface area contributed by atoms with Crippen molar-refractivity contribution in [3.8, 4) is 5.75 Å². The summed E-state index contributed by atoms with van der Waals surface area (Å²) in [7, 11) is 0. The number of piperidine rings is 1. The molecular weight excluding hydrogens is 390 g/mol. The number of nitrogens with one attached hydrogen (secondary N) is 1. The smallest absolute Gasteiger partial charge is 0.324 e. The van der Waals surface area contributed by atoms with Crippen LogP contribution in [0.5, 0.6) is 5.75 Å². The number of urea groups is 1. The number of nitrogens with zero attached hydrogens (tertiary/aromatic N) is 2. The Bertz CT molecular complexity index is 966. The zero-order chi connectivity index (χ0) is 22.0. The SMILES string of the molecule is CC[C@H]1CN(C(=O)N2CCC(C(=O)Nc3cccc(C)c3C)CC2)c2ccccc2O1. The van der Waals surface area contributed by atoms with Crippen LogP contribution in [0, 0.1) is 19.8 Å². The molecule has 2 aliphatic heterocycles. The molecule has 2 heterocycles. The first kappa shape index (κ1) is 21.2. The summed E-state index contributed by atoms with van der Waals surface area (Å²) in [5, 5.41) is 3.09. The van der Waals surface area contributed by atoms with Gasteiger partial charge in [-0.2, -0.15) is 0 Å². The Labute approximate surface area is 184 Å². The first-order valence-corrected chi connectivity index (χ1v) is 11.2. The molecule has 2 aromatic carbocycles. The molecule has 0 aliphatic carbocycles. The van der Waals surface area contributed by atoms with E-state index in [2.05, 4.69) is 12.2 Å². The fraction of sp³-hybridized carbons (Fsp3) is 0.440. The van der Waals surface area contributed by atoms with Crippen LogP contribution in [0.25, 0.3) is 0 Å². The molecule has 0 saturated carbocycles. The number of anilines is 2. The monoisotopic (exact) mass is 421 g/mol. The molecule has 3 amide bonds. The minimum Gasteiger partial charge on any atom is -0.486 e. The maximum absolute atomic E-state index is 13.3. The fourth-order valence-electron chi connectivity index (χ4n) is 4.32. The van der Waals surface area contributed by atoms with Crippen LogP contribution in [-0.2, 0) is 4.79 Å². The molecule has 164 valence electrons. The molecule has 0 unspecified atom stereocenters. The van der Waals surface area contributed by atoms with Crippen molar-refractivity contribution in [3.05, 3.63) is 53.6 Å². The van der Waals surface area contributed by atoms with Crippen LogP contribution in [0.1, 0.15) is 37.3 Å². The van der Waals surface area contributed by atoms with Crippen LogP contribution in [0.15, 0.2) is 42.5 Å². The van der Waals surface area contributed by atoms with Crippen molar-refractivity contribution in [2.45, 2.75) is 46.1 Å². The van der Waals surface area contributed by atoms with Gasteiger partial charge in [0.05, 0.1) is 12.2 Å². The molecule has 2 aromatic rings. The van der Waals surface area contributed by atoms with E-state index in [-0.39, 0.29) is 24.0 Å². The molecule has 1 atom stereocenters. The van der Waals surface area contributed by atoms with Gasteiger partial charge < -0.3 is 15.0 Å². The number of carbonyl (C=O) groups is 2. The third kappa shape index (κ3) is 4.38. The van der Waals surface area contributed by atoms with Gasteiger partial charge in [-0.25, -0.2) is 4.79 Å². The van der Waals surface area contributed by atoms with Gasteiger partial charge in [0, 0.05) is 24.7 Å². The van der Waals surface area contributed by atoms with Gasteiger partial charge in [-0.05, 0) is 62.4 Å². The number of hydrogen-bond donors (Lipinski definition) is 1. The highest BCUT2D eigenvalue weighted by Crippen LogP contribution is 2.35. The zero-order valence-corrected chi connectivity index (χ0v) is 18.6. The molecule has 0 spiro atoms. The van der Waals surface area contributed by atoms with E-state index < -0.39 is 0 Å². The van der Waals surface area contributed by atoms with Crippen molar-refractivity contribution < 1.29 is 14.3 Å². The molecule has 31 heavy (non-hydrogen) atoms. The first-order valence-electron chi connectivity index (χ1n) is 11.2. The first-order chi connectivity index (χ1) is 15.0. The summed E-state index contributed by atoms with van der Waals surface area (Å²) < 4.78 is 6.01. The minimum atomic E-state index is -0.0793. The van der Waals surface area contributed by atoms with Gasteiger partial charge >= 0.3 is 6.03 Å². The number of rotatable bonds is 3. The number of benzene rings is 2. The third-order valence-corrected chi connectivity index (χ3v) is 6.52. The van der Waals surface area contributed by atoms with Gasteiger partial charge in [-0.3, -0.25) is 9.69 Å². The van der Waals surface area contributed by atoms with E-state index in [0.29, 0.717) is 32.5 Å². The van der Waals surface area contributed by atoms with Crippen LogP contribution in [0.3, 0.4) is 0 Å². The van der Waals surface area contributed by atoms with Crippen LogP contribution in [0.2, 0.25) is 0 Å². The standard InChI is InChI=1S/C25H31N3O3/c1-4-20-16-28(22-10-5-6-11-23(22)31-20)25(30)27-14-12-19(13-15-27)24(29)26-21-9-7-8-17(2)18(21)3/h5-11,19-20H,4,12-16H2,1-3H3,(H,26,29)/t20-/m0/s1. The second-order valence-electron chi connectivity index (χ2n) is 8.51. The van der Waals surface area contributed by atoms with Crippen LogP contribution >= 0.6 is 0 Å². The van der Waals surface area contributed by atoms with Crippen LogP contribution in [0.4, 0.5) is 16.2 Å². The van der Waals surface area contributed by atoms with Gasteiger partial charge in [-0.15, -0.1) is 0 Å². The van der Waals surface area contributed by atoms with Gasteiger partial charge in [-0.1, -0.05) is 31.2 Å². The molecule has 0 radical (unpaired) electrons. The molecule has 1 saturated heterocycles. The van der Waals surface area contributed by atoms with Crippen molar-refractivity contribution in [1.82, 2.24) is 4.90 Å². The van der Waals surface area contributed by atoms with Gasteiger partial charge in [0.25, 0.3) is 0 Å². The summed E-state index contributed by atoms with van der Waals surface area (Å²) >= 11 is 0. The van der Waals surface area contributed by atoms with Crippen LogP contribution < -0.4 is 15.0 Å². The van der Waals surface area contributed by atoms with Gasteiger partial charge in [0.2, 0.25) is 5.91 Å². The summed E-state index contributed by atoms with van der Waals surface area (Å²) in [4.78, 5) is 29.8. The molecular formula is C25H31N3O3. The largest absolute Gasteiger partial charge is 0.486 e. The fourth-order valence-corrected chi connectivity index (χ4v) is 4.32. The Morgan fingerprint density at radius 3 is 2.55 bits per heavy atom. The van der Waals surface area contributed by atoms with Gasteiger partial charge in [0.1, 0.15) is 11.9 Å². The lowest BCUT2D eigenvalue weighted by Gasteiger charge is -2.39. The van der Waals surface area contributed by atoms with Crippen molar-refractivity contribution >= 4 is 23.3 Å². The molecule has 0 bridgehead atoms. The predicted octanol–water partition coefficient (Wildman–Crippen LogP) is 4.75. The van der Waals surface area contributed by atoms with E-state index in [0.717, 1.165) is 34.7 Å². The second kappa shape index (κ2) is 9.00. The lowest BCUT2D eigenvalue weighted by Crippen LogP contribution is -2.52. The molecule has 6 heteroatoms. The second-order valence-corrected chi connectivity index (χ2v) is 8.51. The summed E-state index contributed by atoms with van der Waals surface area (Å²) in [5.74, 6) is 0.727. The number of ether oxygens (including phenoxy) is 1. The molecule has 2 aliphatic rings. The molecule has 6 nitrogen and oxygen atoms in total. The number of carbonyl (C=O) groups excluding carboxylic acids is 2. The van der Waals surface area contributed by atoms with E-state index >= 15 is 0 Å². The summed E-state index contributed by atoms with van der Waals surface area (Å²) in [6, 6.07) is 13.7. The Morgan fingerprint density at radius 1 is 1.06 bits per heavy atom. The summed E-state index contributed by atoms with van der Waals surface area (Å²) in [6.45, 7) is 7.86. The Morgan fingerprint density at radius 2 is 1.81 bits per heavy atom. The molecule has 1 N–H and O–H groups in total. The van der Waals surface area contributed by atoms with E-state index in [1.54, 1.807) is 0 Å². The highest BCUT2D eigenvalue weighted by molar-refractivity contribution is 5.95. The normalized spacial score (nSPS) is 18.9. The van der Waals surface area contributed by atoms with Gasteiger partial charge in [0.15, 0.2) is 0 Å². The number of aryl methyl sites for hydroxylation is 1. The van der Waals surface area contributed by atoms with E-state index in [1.165, 1.54) is 0 Å². The molecule has 4 rings (SSSR count). The number of para-hydroxylation sites is 2. The van der Waals surface area contributed by atoms with Crippen molar-refractivity contribution in [3.63, 3.8) is 0 Å². The molecule has 1 fully saturated rings. The number of fused-ring (bicyclic) bond motifs is 1. The Hall–Kier alpha value is -3.02. The van der Waals surface area contributed by atoms with Crippen molar-refractivity contribution in [1.29, 1.82) is 0 Å². The maximum Gasteiger partial charge on any atom is 0.324 e. The van der Waals surface area contributed by atoms with Crippen molar-refractivity contribution in [2.75, 3.05) is 29.9 Å². The zero-order valence-electron chi connectivity index (χ0n) is 18.6. The molecule has 0 aromatic heterocycles. The number of hydrogen-bond acceptors (Lipinski definition) is 3. The highest BCUT2D eigenvalue weighted by atomic mass is 16.5. The van der Waals surface area contributed by atoms with E-state index in [9.17, 15) is 9.59 Å². The highest BCUT2D eigenvalue weighted by Gasteiger charge is 2.34. The third-order valence-electron chi connectivity index (χ3n) is 6.52. The Balaban J connectivity index is 1.39. The van der Waals surface area contributed by atoms with Crippen LogP contribution in [-0.4, -0.2) is 42.6 Å². The Kier molecular flexibility index (Phi) is 6.16. The average molecular weight is 422 g/mol. The van der Waals surface area contributed by atoms with Crippen molar-refractivity contribution in [2.24, 2.45) is 5.92 Å². The average Bonchev–Trinajstić information content (AvgIpc) is 2.80. The topological polar surface area (TPSA) is 61.9 Å². The summed E-state index contributed by atoms with van der Waals surface area (Å²) in [5.41, 5.74) is 3.96. The lowest BCUT2D eigenvalue weighted by atomic mass is 9.95. The number of likely N-dealkylation sites (tertiary alicyclic amines) is 1. The van der Waals surface area contributed by atoms with E-state index in [4.69, 9.17) is 4.74 Å². The minimum absolute atomic E-state index is 0.000245. The quantitative estimate of drug-likeness (QED) is 0.778. The predicted molar refractivity (Wildman–Crippen MR) is 123 cm³/mol. The lowest BCUT2D eigenvalue weighted by molar-refractivity contribution is -0.121. The van der Waals surface area contributed by atoms with E-state index in [1.807, 2.05) is 66.1 Å². The number of amides is 3. The summed E-state index contributed by atoms with van der Waals surface area (Å²) in [6.07, 6.45) is 2.19. The maximum atomic E-state index is 13.3.